The molecule has 3 heterocycles. The maximum atomic E-state index is 13.5. The highest BCUT2D eigenvalue weighted by Crippen LogP contribution is 2.35. The summed E-state index contributed by atoms with van der Waals surface area (Å²) >= 11 is 0. The summed E-state index contributed by atoms with van der Waals surface area (Å²) in [4.78, 5) is 17.4. The van der Waals surface area contributed by atoms with E-state index in [0.29, 0.717) is 5.82 Å². The number of rotatable bonds is 4. The number of fused-ring (bicyclic) bond motifs is 1. The second kappa shape index (κ2) is 8.32. The zero-order valence-electron chi connectivity index (χ0n) is 18.6. The van der Waals surface area contributed by atoms with Gasteiger partial charge in [-0.15, -0.1) is 0 Å². The number of amides is 1. The van der Waals surface area contributed by atoms with Crippen LogP contribution in [0.25, 0.3) is 5.65 Å². The van der Waals surface area contributed by atoms with Crippen molar-refractivity contribution in [2.24, 2.45) is 5.73 Å². The lowest BCUT2D eigenvalue weighted by molar-refractivity contribution is -0.141. The number of anilines is 2. The SMILES string of the molecule is CC(C)(C)n1cc(NC(=O)c2cnn3ccc(N[C@@H]4CCCC[C@@H]4N)nc23)c(C(F)(F)F)n1. The maximum Gasteiger partial charge on any atom is 0.437 e. The van der Waals surface area contributed by atoms with Crippen LogP contribution in [0.4, 0.5) is 24.7 Å². The van der Waals surface area contributed by atoms with Crippen LogP contribution in [-0.4, -0.2) is 42.4 Å². The number of carbonyl (C=O) groups is 1. The van der Waals surface area contributed by atoms with E-state index in [1.165, 1.54) is 21.6 Å². The van der Waals surface area contributed by atoms with Crippen LogP contribution in [0.2, 0.25) is 0 Å². The molecule has 0 aliphatic heterocycles. The third kappa shape index (κ3) is 4.80. The molecule has 0 unspecified atom stereocenters. The number of nitrogens with zero attached hydrogens (tertiary/aromatic N) is 5. The van der Waals surface area contributed by atoms with Gasteiger partial charge in [0.05, 0.1) is 17.4 Å². The second-order valence-corrected chi connectivity index (χ2v) is 9.30. The van der Waals surface area contributed by atoms with E-state index in [9.17, 15) is 18.0 Å². The van der Waals surface area contributed by atoms with Crippen LogP contribution in [0.1, 0.15) is 62.5 Å². The summed E-state index contributed by atoms with van der Waals surface area (Å²) < 4.78 is 43.2. The fourth-order valence-electron chi connectivity index (χ4n) is 3.85. The van der Waals surface area contributed by atoms with Crippen LogP contribution in [0, 0.1) is 0 Å². The highest BCUT2D eigenvalue weighted by atomic mass is 19.4. The minimum absolute atomic E-state index is 0.00426. The molecule has 178 valence electrons. The zero-order chi connectivity index (χ0) is 24.0. The van der Waals surface area contributed by atoms with E-state index in [-0.39, 0.29) is 23.3 Å². The van der Waals surface area contributed by atoms with Crippen LogP contribution in [0.5, 0.6) is 0 Å². The van der Waals surface area contributed by atoms with Gasteiger partial charge in [0.15, 0.2) is 11.3 Å². The molecule has 1 fully saturated rings. The van der Waals surface area contributed by atoms with E-state index >= 15 is 0 Å². The lowest BCUT2D eigenvalue weighted by Crippen LogP contribution is -2.42. The minimum Gasteiger partial charge on any atom is -0.366 e. The van der Waals surface area contributed by atoms with Gasteiger partial charge in [-0.2, -0.15) is 23.4 Å². The Morgan fingerprint density at radius 3 is 2.61 bits per heavy atom. The van der Waals surface area contributed by atoms with Crippen LogP contribution in [-0.2, 0) is 11.7 Å². The van der Waals surface area contributed by atoms with E-state index in [0.717, 1.165) is 25.7 Å². The van der Waals surface area contributed by atoms with Gasteiger partial charge in [0.2, 0.25) is 0 Å². The van der Waals surface area contributed by atoms with E-state index in [1.54, 1.807) is 33.0 Å². The maximum absolute atomic E-state index is 13.5. The van der Waals surface area contributed by atoms with E-state index in [2.05, 4.69) is 25.8 Å². The predicted octanol–water partition coefficient (Wildman–Crippen LogP) is 3.63. The molecule has 33 heavy (non-hydrogen) atoms. The Bertz CT molecular complexity index is 1160. The minimum atomic E-state index is -4.73. The molecule has 3 aromatic rings. The summed E-state index contributed by atoms with van der Waals surface area (Å²) in [5.41, 5.74) is 4.17. The van der Waals surface area contributed by atoms with Gasteiger partial charge in [-0.3, -0.25) is 9.48 Å². The molecule has 2 atom stereocenters. The number of alkyl halides is 3. The number of nitrogens with one attached hydrogen (secondary N) is 2. The van der Waals surface area contributed by atoms with Crippen molar-refractivity contribution in [2.45, 2.75) is 70.3 Å². The molecule has 12 heteroatoms. The van der Waals surface area contributed by atoms with Gasteiger partial charge in [0, 0.05) is 24.5 Å². The molecule has 9 nitrogen and oxygen atoms in total. The zero-order valence-corrected chi connectivity index (χ0v) is 18.6. The Labute approximate surface area is 188 Å². The molecule has 1 amide bonds. The molecule has 4 N–H and O–H groups in total. The quantitative estimate of drug-likeness (QED) is 0.543. The van der Waals surface area contributed by atoms with Crippen LogP contribution < -0.4 is 16.4 Å². The third-order valence-corrected chi connectivity index (χ3v) is 5.68. The first-order chi connectivity index (χ1) is 15.4. The summed E-state index contributed by atoms with van der Waals surface area (Å²) in [6.07, 6.45) is 3.35. The fraction of sp³-hybridized carbons (Fsp3) is 0.524. The Hall–Kier alpha value is -3.15. The summed E-state index contributed by atoms with van der Waals surface area (Å²) in [5.74, 6) is -0.237. The molecular formula is C21H27F3N8O. The Kier molecular flexibility index (Phi) is 5.81. The molecule has 1 aliphatic rings. The second-order valence-electron chi connectivity index (χ2n) is 9.30. The smallest absolute Gasteiger partial charge is 0.366 e. The molecule has 0 spiro atoms. The molecule has 4 rings (SSSR count). The topological polar surface area (TPSA) is 115 Å². The molecule has 1 aliphatic carbocycles. The first kappa shape index (κ1) is 23.0. The molecule has 0 radical (unpaired) electrons. The van der Waals surface area contributed by atoms with Crippen molar-refractivity contribution >= 4 is 23.1 Å². The summed E-state index contributed by atoms with van der Waals surface area (Å²) in [5, 5.41) is 13.4. The molecule has 3 aromatic heterocycles. The molecule has 0 bridgehead atoms. The monoisotopic (exact) mass is 464 g/mol. The molecular weight excluding hydrogens is 437 g/mol. The van der Waals surface area contributed by atoms with Gasteiger partial charge in [0.25, 0.3) is 5.91 Å². The molecule has 0 aromatic carbocycles. The Balaban J connectivity index is 1.62. The van der Waals surface area contributed by atoms with E-state index in [1.807, 2.05) is 0 Å². The number of aromatic nitrogens is 5. The Morgan fingerprint density at radius 1 is 1.21 bits per heavy atom. The van der Waals surface area contributed by atoms with Crippen molar-refractivity contribution in [1.82, 2.24) is 24.4 Å². The van der Waals surface area contributed by atoms with Gasteiger partial charge < -0.3 is 16.4 Å². The number of hydrogen-bond donors (Lipinski definition) is 3. The average molecular weight is 464 g/mol. The van der Waals surface area contributed by atoms with Crippen molar-refractivity contribution in [3.63, 3.8) is 0 Å². The van der Waals surface area contributed by atoms with Crippen LogP contribution >= 0.6 is 0 Å². The fourth-order valence-corrected chi connectivity index (χ4v) is 3.85. The first-order valence-corrected chi connectivity index (χ1v) is 10.8. The van der Waals surface area contributed by atoms with Crippen molar-refractivity contribution in [1.29, 1.82) is 0 Å². The van der Waals surface area contributed by atoms with Gasteiger partial charge in [-0.25, -0.2) is 9.50 Å². The van der Waals surface area contributed by atoms with Crippen LogP contribution in [0.3, 0.4) is 0 Å². The van der Waals surface area contributed by atoms with Crippen molar-refractivity contribution < 1.29 is 18.0 Å². The average Bonchev–Trinajstić information content (AvgIpc) is 3.33. The lowest BCUT2D eigenvalue weighted by atomic mass is 9.91. The predicted molar refractivity (Wildman–Crippen MR) is 117 cm³/mol. The van der Waals surface area contributed by atoms with Gasteiger partial charge in [-0.05, 0) is 39.7 Å². The summed E-state index contributed by atoms with van der Waals surface area (Å²) in [6, 6.07) is 1.79. The number of hydrogen-bond acceptors (Lipinski definition) is 6. The van der Waals surface area contributed by atoms with Crippen molar-refractivity contribution in [3.8, 4) is 0 Å². The number of nitrogens with two attached hydrogens (primary N) is 1. The van der Waals surface area contributed by atoms with E-state index in [4.69, 9.17) is 5.73 Å². The third-order valence-electron chi connectivity index (χ3n) is 5.68. The normalized spacial score (nSPS) is 19.6. The Morgan fingerprint density at radius 2 is 1.94 bits per heavy atom. The van der Waals surface area contributed by atoms with Crippen LogP contribution in [0.15, 0.2) is 24.7 Å². The molecule has 1 saturated carbocycles. The summed E-state index contributed by atoms with van der Waals surface area (Å²) in [7, 11) is 0. The number of carbonyl (C=O) groups excluding carboxylic acids is 1. The highest BCUT2D eigenvalue weighted by Gasteiger charge is 2.39. The van der Waals surface area contributed by atoms with E-state index < -0.39 is 29.0 Å². The lowest BCUT2D eigenvalue weighted by Gasteiger charge is -2.29. The van der Waals surface area contributed by atoms with Crippen molar-refractivity contribution in [3.05, 3.63) is 35.9 Å². The standard InChI is InChI=1S/C21H27F3N8O/c1-20(2,3)32-11-15(17(30-32)21(22,23)24)28-19(33)12-10-26-31-9-8-16(29-18(12)31)27-14-7-5-4-6-13(14)25/h8-11,13-14H,4-7,25H2,1-3H3,(H,27,29)(H,28,33)/t13-,14+/m0/s1. The molecule has 0 saturated heterocycles. The van der Waals surface area contributed by atoms with Gasteiger partial charge >= 0.3 is 6.18 Å². The largest absolute Gasteiger partial charge is 0.437 e. The number of halogens is 3. The highest BCUT2D eigenvalue weighted by molar-refractivity contribution is 6.08. The summed E-state index contributed by atoms with van der Waals surface area (Å²) in [6.45, 7) is 5.15. The van der Waals surface area contributed by atoms with Gasteiger partial charge in [0.1, 0.15) is 11.4 Å². The van der Waals surface area contributed by atoms with Crippen molar-refractivity contribution in [2.75, 3.05) is 10.6 Å². The van der Waals surface area contributed by atoms with Gasteiger partial charge in [-0.1, -0.05) is 12.8 Å². The first-order valence-electron chi connectivity index (χ1n) is 10.8.